The summed E-state index contributed by atoms with van der Waals surface area (Å²) in [6, 6.07) is 10.1. The van der Waals surface area contributed by atoms with Crippen LogP contribution in [0.5, 0.6) is 29.4 Å². The average Bonchev–Trinajstić information content (AvgIpc) is 1.64. The molecule has 27 heteroatoms. The highest BCUT2D eigenvalue weighted by molar-refractivity contribution is 6.30. The summed E-state index contributed by atoms with van der Waals surface area (Å²) in [6.45, 7) is 23.3. The van der Waals surface area contributed by atoms with Crippen molar-refractivity contribution in [1.29, 1.82) is 0 Å². The van der Waals surface area contributed by atoms with Gasteiger partial charge in [-0.1, -0.05) is 46.4 Å². The summed E-state index contributed by atoms with van der Waals surface area (Å²) in [7, 11) is 16.8. The van der Waals surface area contributed by atoms with Crippen LogP contribution in [-0.2, 0) is 43.7 Å². The smallest absolute Gasteiger partial charge is 0.356 e. The van der Waals surface area contributed by atoms with Gasteiger partial charge in [-0.05, 0) is 142 Å². The van der Waals surface area contributed by atoms with Crippen LogP contribution in [0.1, 0.15) is 158 Å². The minimum Gasteiger partial charge on any atom is -0.481 e. The quantitative estimate of drug-likeness (QED) is 0.0505. The fraction of sp³-hybridized carbons (Fsp3) is 0.476. The van der Waals surface area contributed by atoms with E-state index in [1.165, 1.54) is 35.4 Å². The topological polar surface area (TPSA) is 269 Å². The van der Waals surface area contributed by atoms with E-state index in [1.807, 2.05) is 62.3 Å². The number of hydrogen-bond acceptors (Lipinski definition) is 22. The molecule has 0 aliphatic carbocycles. The van der Waals surface area contributed by atoms with Crippen LogP contribution in [0.2, 0.25) is 20.6 Å². The number of aromatic amines is 1. The maximum absolute atomic E-state index is 11.6. The minimum atomic E-state index is -0.746. The number of hydrogen-bond donors (Lipinski definition) is 1. The maximum atomic E-state index is 11.6. The highest BCUT2D eigenvalue weighted by Gasteiger charge is 2.36. The molecule has 7 heterocycles. The van der Waals surface area contributed by atoms with Crippen LogP contribution in [-0.4, -0.2) is 139 Å². The fourth-order valence-corrected chi connectivity index (χ4v) is 9.40. The van der Waals surface area contributed by atoms with Crippen molar-refractivity contribution in [3.63, 3.8) is 0 Å². The van der Waals surface area contributed by atoms with Crippen LogP contribution >= 0.6 is 46.4 Å². The standard InChI is InChI=1S/C12H17NO4.C11H14ClNO3.C11H15NO4.2C10H14ClNO2.C9H10ClNO2/c1-7-9(8(2)15-3)6-10(12(14)17-5)13-11(7)16-4;1-7-8(11(2)15-4-5-16-11)6-9(12)13-10(7)14-3;1-6-8(7(2)15-3)5-9(11(14)16-4)12-10(6)13;2*1-6-8(7(2)13-3)5-9(11)12-10(6)14-4;1-5-7(6(2)12)4-8(10)11-9(5)13-3/h6,8H,1-5H3;6H,4-5H2,1-3H3;5,7H,1-4H3,(H,12,13);2*5,7H,1-4H3;4H,1-3H3. The summed E-state index contributed by atoms with van der Waals surface area (Å²) in [5.41, 5.74) is 9.95. The molecule has 1 aliphatic rings. The molecule has 0 saturated carbocycles. The van der Waals surface area contributed by atoms with Gasteiger partial charge in [-0.25, -0.2) is 34.5 Å². The van der Waals surface area contributed by atoms with Gasteiger partial charge in [0.2, 0.25) is 29.4 Å². The summed E-state index contributed by atoms with van der Waals surface area (Å²) in [5, 5.41) is 1.49. The third-order valence-electron chi connectivity index (χ3n) is 14.1. The number of halogens is 4. The van der Waals surface area contributed by atoms with Crippen LogP contribution < -0.4 is 29.2 Å². The number of carbonyl (C=O) groups excluding carboxylic acids is 3. The first kappa shape index (κ1) is 79.3. The Hall–Kier alpha value is -6.77. The van der Waals surface area contributed by atoms with Gasteiger partial charge in [0.25, 0.3) is 5.56 Å². The number of methoxy groups -OCH3 is 11. The molecule has 0 spiro atoms. The van der Waals surface area contributed by atoms with Crippen molar-refractivity contribution in [2.45, 2.75) is 113 Å². The van der Waals surface area contributed by atoms with Crippen LogP contribution in [0.25, 0.3) is 0 Å². The van der Waals surface area contributed by atoms with Gasteiger partial charge < -0.3 is 66.6 Å². The number of carbonyl (C=O) groups is 3. The van der Waals surface area contributed by atoms with E-state index >= 15 is 0 Å². The van der Waals surface area contributed by atoms with E-state index < -0.39 is 17.7 Å². The predicted octanol–water partition coefficient (Wildman–Crippen LogP) is 13.1. The lowest BCUT2D eigenvalue weighted by Gasteiger charge is -2.25. The number of nitrogens with one attached hydrogen (secondary N) is 1. The number of ketones is 1. The number of aromatic nitrogens is 6. The number of H-pyrrole nitrogens is 1. The van der Waals surface area contributed by atoms with Gasteiger partial charge in [0.1, 0.15) is 26.3 Å². The van der Waals surface area contributed by atoms with E-state index in [2.05, 4.69) is 39.4 Å². The van der Waals surface area contributed by atoms with Crippen LogP contribution in [0.4, 0.5) is 0 Å². The molecular formula is C63H84Cl4N6O17. The Labute approximate surface area is 546 Å². The number of rotatable bonds is 17. The molecular weight excluding hydrogens is 1250 g/mol. The molecule has 6 aromatic heterocycles. The SMILES string of the molecule is COC(=O)c1cc(C(C)OC)c(C)c(=O)[nH]1.COC(=O)c1cc(C(C)OC)c(C)c(OC)n1.COc1nc(Cl)cc(C(C)=O)c1C.COc1nc(Cl)cc(C(C)OC)c1C.COc1nc(Cl)cc(C(C)OC)c1C.COc1nc(Cl)cc(C2(C)OCCO2)c1C. The normalized spacial score (nSPS) is 13.1. The molecule has 7 rings (SSSR count). The van der Waals surface area contributed by atoms with E-state index in [4.69, 9.17) is 98.5 Å². The molecule has 4 atom stereocenters. The number of Topliss-reactive ketones (excluding diaryl/α,β-unsaturated/α-hetero) is 1. The van der Waals surface area contributed by atoms with Crippen LogP contribution in [0, 0.1) is 41.5 Å². The molecule has 23 nitrogen and oxygen atoms in total. The molecule has 0 radical (unpaired) electrons. The van der Waals surface area contributed by atoms with Crippen molar-refractivity contribution in [3.8, 4) is 29.4 Å². The number of esters is 2. The first-order valence-corrected chi connectivity index (χ1v) is 29.1. The third-order valence-corrected chi connectivity index (χ3v) is 14.9. The van der Waals surface area contributed by atoms with E-state index in [9.17, 15) is 19.2 Å². The largest absolute Gasteiger partial charge is 0.481 e. The molecule has 0 amide bonds. The van der Waals surface area contributed by atoms with Crippen molar-refractivity contribution in [2.75, 3.05) is 91.4 Å². The zero-order valence-corrected chi connectivity index (χ0v) is 58.4. The number of ether oxygens (including phenoxy) is 13. The highest BCUT2D eigenvalue weighted by Crippen LogP contribution is 2.37. The van der Waals surface area contributed by atoms with Gasteiger partial charge in [0, 0.05) is 72.9 Å². The van der Waals surface area contributed by atoms with Gasteiger partial charge in [-0.2, -0.15) is 0 Å². The maximum Gasteiger partial charge on any atom is 0.356 e. The lowest BCUT2D eigenvalue weighted by atomic mass is 10.0. The summed E-state index contributed by atoms with van der Waals surface area (Å²) in [4.78, 5) is 68.2. The highest BCUT2D eigenvalue weighted by atomic mass is 35.5. The molecule has 90 heavy (non-hydrogen) atoms. The van der Waals surface area contributed by atoms with Gasteiger partial charge in [-0.3, -0.25) is 9.59 Å². The van der Waals surface area contributed by atoms with Gasteiger partial charge in [0.05, 0.1) is 87.4 Å². The Morgan fingerprint density at radius 2 is 0.800 bits per heavy atom. The second kappa shape index (κ2) is 38.2. The van der Waals surface area contributed by atoms with E-state index in [0.29, 0.717) is 74.8 Å². The van der Waals surface area contributed by atoms with Gasteiger partial charge >= 0.3 is 11.9 Å². The third kappa shape index (κ3) is 22.0. The Bertz CT molecular complexity index is 3360. The molecule has 0 bridgehead atoms. The first-order chi connectivity index (χ1) is 42.4. The van der Waals surface area contributed by atoms with Crippen molar-refractivity contribution in [1.82, 2.24) is 29.9 Å². The van der Waals surface area contributed by atoms with Crippen LogP contribution in [0.3, 0.4) is 0 Å². The van der Waals surface area contributed by atoms with Crippen LogP contribution in [0.15, 0.2) is 41.2 Å². The molecule has 1 saturated heterocycles. The van der Waals surface area contributed by atoms with E-state index in [0.717, 1.165) is 50.1 Å². The molecule has 0 aromatic carbocycles. The number of nitrogens with zero attached hydrogens (tertiary/aromatic N) is 5. The molecule has 1 fully saturated rings. The second-order valence-corrected chi connectivity index (χ2v) is 21.2. The fourth-order valence-electron chi connectivity index (χ4n) is 8.64. The number of pyridine rings is 6. The van der Waals surface area contributed by atoms with Crippen molar-refractivity contribution >= 4 is 64.1 Å². The summed E-state index contributed by atoms with van der Waals surface area (Å²) >= 11 is 23.4. The molecule has 1 aliphatic heterocycles. The molecule has 496 valence electrons. The van der Waals surface area contributed by atoms with Crippen molar-refractivity contribution < 1.29 is 76.0 Å². The lowest BCUT2D eigenvalue weighted by Crippen LogP contribution is -2.24. The second-order valence-electron chi connectivity index (χ2n) is 19.6. The predicted molar refractivity (Wildman–Crippen MR) is 343 cm³/mol. The summed E-state index contributed by atoms with van der Waals surface area (Å²) in [6.07, 6.45) is -0.408. The van der Waals surface area contributed by atoms with E-state index in [1.54, 1.807) is 100 Å². The molecule has 4 unspecified atom stereocenters. The monoisotopic (exact) mass is 1340 g/mol. The minimum absolute atomic E-state index is 0.00981. The lowest BCUT2D eigenvalue weighted by molar-refractivity contribution is -0.150. The Kier molecular flexibility index (Phi) is 33.6. The Morgan fingerprint density at radius 1 is 0.467 bits per heavy atom. The first-order valence-electron chi connectivity index (χ1n) is 27.6. The Balaban J connectivity index is 0.000000369. The van der Waals surface area contributed by atoms with Gasteiger partial charge in [-0.15, -0.1) is 0 Å². The Morgan fingerprint density at radius 3 is 1.17 bits per heavy atom. The zero-order valence-electron chi connectivity index (χ0n) is 55.4. The van der Waals surface area contributed by atoms with Crippen molar-refractivity contribution in [2.24, 2.45) is 0 Å². The zero-order chi connectivity index (χ0) is 68.5. The molecule has 6 aromatic rings. The van der Waals surface area contributed by atoms with Crippen molar-refractivity contribution in [3.05, 3.63) is 146 Å². The van der Waals surface area contributed by atoms with E-state index in [-0.39, 0.29) is 52.3 Å². The van der Waals surface area contributed by atoms with Gasteiger partial charge in [0.15, 0.2) is 17.3 Å². The summed E-state index contributed by atoms with van der Waals surface area (Å²) < 4.78 is 66.7. The average molecular weight is 1340 g/mol. The summed E-state index contributed by atoms with van der Waals surface area (Å²) in [5.74, 6) is 0.568. The molecule has 1 N–H and O–H groups in total.